The summed E-state index contributed by atoms with van der Waals surface area (Å²) in [5.41, 5.74) is 0.915. The second kappa shape index (κ2) is 7.93. The van der Waals surface area contributed by atoms with Crippen LogP contribution in [0.25, 0.3) is 0 Å². The Hall–Kier alpha value is -2.65. The molecule has 0 aliphatic heterocycles. The van der Waals surface area contributed by atoms with Crippen molar-refractivity contribution in [3.63, 3.8) is 0 Å². The Labute approximate surface area is 167 Å². The Morgan fingerprint density at radius 3 is 2.74 bits per heavy atom. The van der Waals surface area contributed by atoms with E-state index < -0.39 is 12.0 Å². The number of anilines is 1. The molecule has 1 aromatic carbocycles. The summed E-state index contributed by atoms with van der Waals surface area (Å²) < 4.78 is 3.55. The molecule has 140 valence electrons. The molecule has 1 unspecified atom stereocenters. The molecule has 3 aromatic rings. The molecule has 0 saturated heterocycles. The zero-order valence-electron chi connectivity index (χ0n) is 14.1. The van der Waals surface area contributed by atoms with Crippen molar-refractivity contribution < 1.29 is 14.7 Å². The third-order valence-corrected chi connectivity index (χ3v) is 4.82. The van der Waals surface area contributed by atoms with E-state index >= 15 is 0 Å². The number of aromatic carboxylic acids is 1. The molecule has 2 N–H and O–H groups in total. The van der Waals surface area contributed by atoms with E-state index in [1.54, 1.807) is 23.9 Å². The molecule has 3 rings (SSSR count). The number of aromatic nitrogens is 4. The summed E-state index contributed by atoms with van der Waals surface area (Å²) in [6.07, 6.45) is 4.23. The monoisotopic (exact) mass is 451 g/mol. The third-order valence-electron chi connectivity index (χ3n) is 3.87. The van der Waals surface area contributed by atoms with Crippen LogP contribution in [0.15, 0.2) is 47.3 Å². The number of hydrogen-bond donors (Lipinski definition) is 2. The number of benzene rings is 1. The van der Waals surface area contributed by atoms with Crippen LogP contribution < -0.4 is 5.32 Å². The highest BCUT2D eigenvalue weighted by molar-refractivity contribution is 9.10. The Morgan fingerprint density at radius 1 is 1.33 bits per heavy atom. The number of nitrogens with one attached hydrogen (secondary N) is 1. The van der Waals surface area contributed by atoms with Crippen LogP contribution in [0.1, 0.15) is 28.9 Å². The maximum atomic E-state index is 12.5. The average Bonchev–Trinajstić information content (AvgIpc) is 3.24. The first-order valence-electron chi connectivity index (χ1n) is 7.90. The molecule has 10 heteroatoms. The van der Waals surface area contributed by atoms with Crippen molar-refractivity contribution in [3.8, 4) is 0 Å². The van der Waals surface area contributed by atoms with Gasteiger partial charge in [0.15, 0.2) is 5.82 Å². The van der Waals surface area contributed by atoms with Gasteiger partial charge < -0.3 is 10.4 Å². The van der Waals surface area contributed by atoms with E-state index in [2.05, 4.69) is 31.4 Å². The SMILES string of the molecule is CC(C(=O)Nc1nn(Cc2ccccc2Cl)cc1Br)n1cc(C(=O)O)cn1. The van der Waals surface area contributed by atoms with E-state index in [0.29, 0.717) is 21.9 Å². The van der Waals surface area contributed by atoms with Crippen LogP contribution in [0.4, 0.5) is 5.82 Å². The Morgan fingerprint density at radius 2 is 2.07 bits per heavy atom. The summed E-state index contributed by atoms with van der Waals surface area (Å²) in [7, 11) is 0. The molecule has 0 aliphatic rings. The number of carbonyl (C=O) groups is 2. The molecule has 0 spiro atoms. The van der Waals surface area contributed by atoms with Gasteiger partial charge in [0.1, 0.15) is 6.04 Å². The smallest absolute Gasteiger partial charge is 0.338 e. The highest BCUT2D eigenvalue weighted by atomic mass is 79.9. The van der Waals surface area contributed by atoms with Crippen molar-refractivity contribution in [2.75, 3.05) is 5.32 Å². The van der Waals surface area contributed by atoms with Gasteiger partial charge in [-0.2, -0.15) is 10.2 Å². The number of halogens is 2. The van der Waals surface area contributed by atoms with E-state index in [1.165, 1.54) is 17.1 Å². The second-order valence-corrected chi connectivity index (χ2v) is 7.06. The van der Waals surface area contributed by atoms with E-state index in [1.807, 2.05) is 18.2 Å². The first kappa shape index (κ1) is 19.1. The second-order valence-electron chi connectivity index (χ2n) is 5.79. The van der Waals surface area contributed by atoms with Crippen molar-refractivity contribution in [2.24, 2.45) is 0 Å². The van der Waals surface area contributed by atoms with Crippen molar-refractivity contribution >= 4 is 45.2 Å². The first-order chi connectivity index (χ1) is 12.8. The van der Waals surface area contributed by atoms with Crippen LogP contribution in [0, 0.1) is 0 Å². The van der Waals surface area contributed by atoms with Crippen molar-refractivity contribution in [1.29, 1.82) is 0 Å². The molecule has 1 atom stereocenters. The van der Waals surface area contributed by atoms with Gasteiger partial charge in [-0.15, -0.1) is 0 Å². The Bertz CT molecular complexity index is 1000. The van der Waals surface area contributed by atoms with E-state index in [-0.39, 0.29) is 11.5 Å². The summed E-state index contributed by atoms with van der Waals surface area (Å²) in [5.74, 6) is -1.13. The molecule has 8 nitrogen and oxygen atoms in total. The Balaban J connectivity index is 1.71. The van der Waals surface area contributed by atoms with Gasteiger partial charge in [0, 0.05) is 17.4 Å². The topological polar surface area (TPSA) is 102 Å². The fourth-order valence-electron chi connectivity index (χ4n) is 2.37. The zero-order chi connectivity index (χ0) is 19.6. The minimum Gasteiger partial charge on any atom is -0.478 e. The standard InChI is InChI=1S/C17H15BrClN5O3/c1-10(24-8-12(6-20-24)17(26)27)16(25)21-15-13(18)9-23(22-15)7-11-4-2-3-5-14(11)19/h2-6,8-10H,7H2,1H3,(H,26,27)(H,21,22,25). The van der Waals surface area contributed by atoms with Crippen molar-refractivity contribution in [1.82, 2.24) is 19.6 Å². The van der Waals surface area contributed by atoms with Gasteiger partial charge in [-0.3, -0.25) is 14.2 Å². The van der Waals surface area contributed by atoms with E-state index in [9.17, 15) is 9.59 Å². The van der Waals surface area contributed by atoms with Crippen LogP contribution in [-0.2, 0) is 11.3 Å². The number of rotatable bonds is 6. The molecule has 0 bridgehead atoms. The molecule has 0 fully saturated rings. The van der Waals surface area contributed by atoms with Gasteiger partial charge in [0.2, 0.25) is 5.91 Å². The maximum Gasteiger partial charge on any atom is 0.338 e. The fourth-order valence-corrected chi connectivity index (χ4v) is 2.98. The first-order valence-corrected chi connectivity index (χ1v) is 9.07. The predicted octanol–water partition coefficient (Wildman–Crippen LogP) is 3.44. The number of nitrogens with zero attached hydrogens (tertiary/aromatic N) is 4. The summed E-state index contributed by atoms with van der Waals surface area (Å²) in [5, 5.41) is 20.6. The van der Waals surface area contributed by atoms with Crippen LogP contribution in [0.3, 0.4) is 0 Å². The maximum absolute atomic E-state index is 12.5. The summed E-state index contributed by atoms with van der Waals surface area (Å²) in [4.78, 5) is 23.4. The van der Waals surface area contributed by atoms with Gasteiger partial charge in [-0.05, 0) is 34.5 Å². The third kappa shape index (κ3) is 4.37. The van der Waals surface area contributed by atoms with Crippen molar-refractivity contribution in [2.45, 2.75) is 19.5 Å². The van der Waals surface area contributed by atoms with E-state index in [0.717, 1.165) is 5.56 Å². The van der Waals surface area contributed by atoms with Gasteiger partial charge in [0.05, 0.1) is 22.8 Å². The van der Waals surface area contributed by atoms with Crippen LogP contribution >= 0.6 is 27.5 Å². The molecule has 0 aliphatic carbocycles. The lowest BCUT2D eigenvalue weighted by atomic mass is 10.2. The molecule has 2 heterocycles. The van der Waals surface area contributed by atoms with Crippen LogP contribution in [0.5, 0.6) is 0 Å². The van der Waals surface area contributed by atoms with E-state index in [4.69, 9.17) is 16.7 Å². The van der Waals surface area contributed by atoms with Gasteiger partial charge >= 0.3 is 5.97 Å². The van der Waals surface area contributed by atoms with Crippen molar-refractivity contribution in [3.05, 3.63) is 63.5 Å². The lowest BCUT2D eigenvalue weighted by molar-refractivity contribution is -0.119. The summed E-state index contributed by atoms with van der Waals surface area (Å²) >= 11 is 9.54. The predicted molar refractivity (Wildman–Crippen MR) is 103 cm³/mol. The molecule has 2 aromatic heterocycles. The summed E-state index contributed by atoms with van der Waals surface area (Å²) in [6, 6.07) is 6.73. The summed E-state index contributed by atoms with van der Waals surface area (Å²) in [6.45, 7) is 2.06. The number of hydrogen-bond acceptors (Lipinski definition) is 4. The van der Waals surface area contributed by atoms with Gasteiger partial charge in [0.25, 0.3) is 0 Å². The van der Waals surface area contributed by atoms with Crippen LogP contribution in [-0.4, -0.2) is 36.5 Å². The molecule has 0 saturated carbocycles. The average molecular weight is 453 g/mol. The molecule has 27 heavy (non-hydrogen) atoms. The lowest BCUT2D eigenvalue weighted by Gasteiger charge is -2.11. The minimum absolute atomic E-state index is 0.0137. The molecular formula is C17H15BrClN5O3. The highest BCUT2D eigenvalue weighted by Gasteiger charge is 2.20. The number of amides is 1. The minimum atomic E-state index is -1.10. The largest absolute Gasteiger partial charge is 0.478 e. The zero-order valence-corrected chi connectivity index (χ0v) is 16.5. The Kier molecular flexibility index (Phi) is 5.62. The number of carbonyl (C=O) groups excluding carboxylic acids is 1. The molecular weight excluding hydrogens is 438 g/mol. The quantitative estimate of drug-likeness (QED) is 0.596. The number of carboxylic acids is 1. The molecule has 1 amide bonds. The lowest BCUT2D eigenvalue weighted by Crippen LogP contribution is -2.24. The number of carboxylic acid groups (broad SMARTS) is 1. The van der Waals surface area contributed by atoms with Gasteiger partial charge in [-0.25, -0.2) is 4.79 Å². The molecule has 0 radical (unpaired) electrons. The van der Waals surface area contributed by atoms with Crippen LogP contribution in [0.2, 0.25) is 5.02 Å². The fraction of sp³-hybridized carbons (Fsp3) is 0.176. The van der Waals surface area contributed by atoms with Gasteiger partial charge in [-0.1, -0.05) is 29.8 Å². The highest BCUT2D eigenvalue weighted by Crippen LogP contribution is 2.23. The normalized spacial score (nSPS) is 12.0.